The zero-order chi connectivity index (χ0) is 24.9. The molecule has 0 radical (unpaired) electrons. The molecule has 3 heterocycles. The highest BCUT2D eigenvalue weighted by atomic mass is 32.1. The van der Waals surface area contributed by atoms with Crippen LogP contribution in [-0.4, -0.2) is 59.6 Å². The third-order valence-electron chi connectivity index (χ3n) is 6.37. The largest absolute Gasteiger partial charge is 0.353 e. The van der Waals surface area contributed by atoms with Crippen molar-refractivity contribution in [2.24, 2.45) is 4.99 Å². The minimum absolute atomic E-state index is 0.0290. The molecule has 3 aromatic rings. The summed E-state index contributed by atoms with van der Waals surface area (Å²) in [4.78, 5) is 19.1. The molecule has 186 valence electrons. The molecule has 1 amide bonds. The third-order valence-corrected chi connectivity index (χ3v) is 7.56. The Morgan fingerprint density at radius 1 is 1.06 bits per heavy atom. The van der Waals surface area contributed by atoms with E-state index in [1.54, 1.807) is 11.3 Å². The van der Waals surface area contributed by atoms with Crippen LogP contribution in [-0.2, 0) is 4.79 Å². The van der Waals surface area contributed by atoms with Gasteiger partial charge in [-0.15, -0.1) is 21.5 Å². The highest BCUT2D eigenvalue weighted by Crippen LogP contribution is 2.38. The fraction of sp³-hybridized carbons (Fsp3) is 0.462. The van der Waals surface area contributed by atoms with Crippen molar-refractivity contribution in [2.75, 3.05) is 33.2 Å². The lowest BCUT2D eigenvalue weighted by Gasteiger charge is -2.14. The van der Waals surface area contributed by atoms with E-state index in [0.717, 1.165) is 59.5 Å². The van der Waals surface area contributed by atoms with Gasteiger partial charge < -0.3 is 16.0 Å². The lowest BCUT2D eigenvalue weighted by atomic mass is 9.99. The van der Waals surface area contributed by atoms with E-state index in [1.165, 1.54) is 16.0 Å². The average molecular weight is 494 g/mol. The Bertz CT molecular complexity index is 1210. The predicted octanol–water partition coefficient (Wildman–Crippen LogP) is 3.16. The Balaban J connectivity index is 1.60. The van der Waals surface area contributed by atoms with Gasteiger partial charge in [-0.2, -0.15) is 0 Å². The second-order valence-corrected chi connectivity index (χ2v) is 10.2. The number of nitrogens with one attached hydrogen (secondary N) is 3. The lowest BCUT2D eigenvalue weighted by molar-refractivity contribution is -0.121. The Morgan fingerprint density at radius 2 is 1.83 bits per heavy atom. The summed E-state index contributed by atoms with van der Waals surface area (Å²) in [5.74, 6) is 1.62. The molecule has 4 rings (SSSR count). The van der Waals surface area contributed by atoms with Crippen molar-refractivity contribution in [3.8, 4) is 5.00 Å². The molecule has 1 aliphatic heterocycles. The van der Waals surface area contributed by atoms with Crippen LogP contribution in [0.1, 0.15) is 57.7 Å². The average Bonchev–Trinajstić information content (AvgIpc) is 3.31. The molecule has 35 heavy (non-hydrogen) atoms. The van der Waals surface area contributed by atoms with E-state index in [0.29, 0.717) is 13.0 Å². The first-order valence-corrected chi connectivity index (χ1v) is 13.0. The Labute approximate surface area is 211 Å². The summed E-state index contributed by atoms with van der Waals surface area (Å²) in [7, 11) is 1.93. The number of nitrogens with zero attached hydrogens (tertiary/aromatic N) is 4. The Hall–Kier alpha value is -2.88. The molecule has 0 aliphatic carbocycles. The first kappa shape index (κ1) is 25.2. The van der Waals surface area contributed by atoms with Crippen molar-refractivity contribution in [3.05, 3.63) is 63.0 Å². The van der Waals surface area contributed by atoms with Crippen LogP contribution in [0.25, 0.3) is 5.00 Å². The van der Waals surface area contributed by atoms with Crippen LogP contribution in [0.2, 0.25) is 0 Å². The lowest BCUT2D eigenvalue weighted by Crippen LogP contribution is -2.30. The van der Waals surface area contributed by atoms with Crippen molar-refractivity contribution in [1.29, 1.82) is 0 Å². The molecule has 1 atom stereocenters. The highest BCUT2D eigenvalue weighted by Gasteiger charge is 2.31. The first-order valence-electron chi connectivity index (χ1n) is 12.2. The zero-order valence-corrected chi connectivity index (χ0v) is 22.1. The molecule has 0 spiro atoms. The fourth-order valence-corrected chi connectivity index (χ4v) is 5.46. The van der Waals surface area contributed by atoms with Gasteiger partial charge in [0.25, 0.3) is 0 Å². The summed E-state index contributed by atoms with van der Waals surface area (Å²) < 4.78 is 2.12. The minimum Gasteiger partial charge on any atom is -0.353 e. The van der Waals surface area contributed by atoms with Crippen LogP contribution in [0, 0.1) is 27.7 Å². The van der Waals surface area contributed by atoms with Gasteiger partial charge in [-0.05, 0) is 53.3 Å². The smallest absolute Gasteiger partial charge is 0.220 e. The molecule has 0 fully saturated rings. The maximum Gasteiger partial charge on any atom is 0.220 e. The van der Waals surface area contributed by atoms with Crippen LogP contribution in [0.3, 0.4) is 0 Å². The number of aliphatic imine (C=N–C) groups is 1. The third kappa shape index (κ3) is 5.52. The van der Waals surface area contributed by atoms with Crippen molar-refractivity contribution in [3.63, 3.8) is 0 Å². The molecule has 3 N–H and O–H groups in total. The molecule has 2 aromatic heterocycles. The number of hydrogen-bond acceptors (Lipinski definition) is 7. The van der Waals surface area contributed by atoms with Gasteiger partial charge in [-0.3, -0.25) is 14.4 Å². The van der Waals surface area contributed by atoms with Crippen molar-refractivity contribution in [1.82, 2.24) is 30.7 Å². The Kier molecular flexibility index (Phi) is 8.10. The Morgan fingerprint density at radius 3 is 2.57 bits per heavy atom. The van der Waals surface area contributed by atoms with Crippen LogP contribution >= 0.6 is 11.3 Å². The van der Waals surface area contributed by atoms with Crippen LogP contribution in [0.4, 0.5) is 0 Å². The predicted molar refractivity (Wildman–Crippen MR) is 142 cm³/mol. The standard InChI is InChI=1S/C26H35N7OS/c1-16-8-10-20(11-9-16)24-23-17(2)18(3)35-26(23)33-19(4)31-32-25(33)21(30-24)15-29-22(34)7-6-12-28-14-13-27-5/h8-11,21,27-28H,6-7,12-15H2,1-5H3,(H,29,34). The van der Waals surface area contributed by atoms with E-state index in [1.807, 2.05) is 14.0 Å². The summed E-state index contributed by atoms with van der Waals surface area (Å²) in [5, 5.41) is 19.5. The molecule has 1 aliphatic rings. The quantitative estimate of drug-likeness (QED) is 0.377. The number of likely N-dealkylation sites (N-methyl/N-ethyl adjacent to an activating group) is 1. The normalized spacial score (nSPS) is 14.8. The van der Waals surface area contributed by atoms with Gasteiger partial charge in [0, 0.05) is 42.1 Å². The number of amides is 1. The van der Waals surface area contributed by atoms with Crippen molar-refractivity contribution >= 4 is 23.0 Å². The number of thiophene rings is 1. The van der Waals surface area contributed by atoms with E-state index < -0.39 is 0 Å². The van der Waals surface area contributed by atoms with E-state index in [4.69, 9.17) is 4.99 Å². The molecule has 1 unspecified atom stereocenters. The molecule has 8 nitrogen and oxygen atoms in total. The van der Waals surface area contributed by atoms with Gasteiger partial charge in [0.05, 0.1) is 5.71 Å². The molecular formula is C26H35N7OS. The summed E-state index contributed by atoms with van der Waals surface area (Å²) >= 11 is 1.74. The molecule has 0 bridgehead atoms. The van der Waals surface area contributed by atoms with Crippen molar-refractivity contribution in [2.45, 2.75) is 46.6 Å². The van der Waals surface area contributed by atoms with Gasteiger partial charge >= 0.3 is 0 Å². The molecule has 1 aromatic carbocycles. The number of rotatable bonds is 10. The number of carbonyl (C=O) groups is 1. The fourth-order valence-electron chi connectivity index (χ4n) is 4.25. The van der Waals surface area contributed by atoms with Crippen molar-refractivity contribution < 1.29 is 4.79 Å². The van der Waals surface area contributed by atoms with Gasteiger partial charge in [-0.1, -0.05) is 29.8 Å². The summed E-state index contributed by atoms with van der Waals surface area (Å²) in [5.41, 5.74) is 5.57. The summed E-state index contributed by atoms with van der Waals surface area (Å²) in [6.07, 6.45) is 1.27. The molecule has 9 heteroatoms. The van der Waals surface area contributed by atoms with E-state index >= 15 is 0 Å². The number of hydrogen-bond donors (Lipinski definition) is 3. The SMILES string of the molecule is CNCCNCCCC(=O)NCC1N=C(c2ccc(C)cc2)c2c(sc(C)c2C)-n2c(C)nnc21. The van der Waals surface area contributed by atoms with Gasteiger partial charge in [0.15, 0.2) is 5.82 Å². The van der Waals surface area contributed by atoms with Gasteiger partial charge in [-0.25, -0.2) is 0 Å². The summed E-state index contributed by atoms with van der Waals surface area (Å²) in [6.45, 7) is 11.4. The van der Waals surface area contributed by atoms with E-state index in [9.17, 15) is 4.79 Å². The second-order valence-electron chi connectivity index (χ2n) is 9.02. The van der Waals surface area contributed by atoms with Crippen LogP contribution in [0.15, 0.2) is 29.3 Å². The number of carbonyl (C=O) groups excluding carboxylic acids is 1. The maximum absolute atomic E-state index is 12.6. The van der Waals surface area contributed by atoms with Gasteiger partial charge in [0.2, 0.25) is 5.91 Å². The van der Waals surface area contributed by atoms with Crippen LogP contribution < -0.4 is 16.0 Å². The van der Waals surface area contributed by atoms with E-state index in [-0.39, 0.29) is 11.9 Å². The molecular weight excluding hydrogens is 458 g/mol. The van der Waals surface area contributed by atoms with Gasteiger partial charge in [0.1, 0.15) is 16.9 Å². The highest BCUT2D eigenvalue weighted by molar-refractivity contribution is 7.15. The molecule has 0 saturated heterocycles. The topological polar surface area (TPSA) is 96.2 Å². The zero-order valence-electron chi connectivity index (χ0n) is 21.2. The van der Waals surface area contributed by atoms with E-state index in [2.05, 4.69) is 75.8 Å². The summed E-state index contributed by atoms with van der Waals surface area (Å²) in [6, 6.07) is 8.15. The number of aromatic nitrogens is 3. The van der Waals surface area contributed by atoms with Crippen LogP contribution in [0.5, 0.6) is 0 Å². The molecule has 0 saturated carbocycles. The minimum atomic E-state index is -0.329. The number of fused-ring (bicyclic) bond motifs is 3. The first-order chi connectivity index (χ1) is 16.9. The number of benzene rings is 1. The monoisotopic (exact) mass is 493 g/mol. The maximum atomic E-state index is 12.6. The number of aryl methyl sites for hydroxylation is 3. The second kappa shape index (κ2) is 11.2.